The van der Waals surface area contributed by atoms with E-state index in [4.69, 9.17) is 10.2 Å². The molecule has 0 aliphatic carbocycles. The van der Waals surface area contributed by atoms with Gasteiger partial charge in [0.15, 0.2) is 6.10 Å². The molecule has 6 nitrogen and oxygen atoms in total. The molecule has 0 aromatic heterocycles. The lowest BCUT2D eigenvalue weighted by atomic mass is 10.0. The molecule has 0 bridgehead atoms. The lowest BCUT2D eigenvalue weighted by Crippen LogP contribution is -2.39. The lowest BCUT2D eigenvalue weighted by molar-refractivity contribution is -0.146. The van der Waals surface area contributed by atoms with E-state index in [-0.39, 0.29) is 19.0 Å². The van der Waals surface area contributed by atoms with E-state index in [1.54, 1.807) is 0 Å². The van der Waals surface area contributed by atoms with E-state index >= 15 is 0 Å². The third-order valence-corrected chi connectivity index (χ3v) is 2.99. The highest BCUT2D eigenvalue weighted by Gasteiger charge is 2.14. The van der Waals surface area contributed by atoms with Crippen LogP contribution in [0.3, 0.4) is 0 Å². The highest BCUT2D eigenvalue weighted by Crippen LogP contribution is 2.16. The number of carboxylic acids is 1. The van der Waals surface area contributed by atoms with Gasteiger partial charge in [0.1, 0.15) is 0 Å². The summed E-state index contributed by atoms with van der Waals surface area (Å²) in [5.41, 5.74) is 2.11. The van der Waals surface area contributed by atoms with Crippen molar-refractivity contribution in [3.05, 3.63) is 35.4 Å². The van der Waals surface area contributed by atoms with Crippen LogP contribution in [-0.4, -0.2) is 34.9 Å². The summed E-state index contributed by atoms with van der Waals surface area (Å²) in [5, 5.41) is 22.8. The quantitative estimate of drug-likeness (QED) is 0.629. The van der Waals surface area contributed by atoms with Crippen LogP contribution in [0.25, 0.3) is 0 Å². The average Bonchev–Trinajstić information content (AvgIpc) is 2.38. The molecule has 0 saturated carbocycles. The number of aliphatic hydroxyl groups excluding tert-OH is 1. The topological polar surface area (TPSA) is 98.7 Å². The van der Waals surface area contributed by atoms with Gasteiger partial charge in [-0.05, 0) is 25.0 Å². The Morgan fingerprint density at radius 3 is 2.55 bits per heavy atom. The van der Waals surface area contributed by atoms with Crippen LogP contribution >= 0.6 is 0 Å². The maximum atomic E-state index is 11.6. The van der Waals surface area contributed by atoms with Gasteiger partial charge in [-0.1, -0.05) is 24.3 Å². The van der Waals surface area contributed by atoms with E-state index < -0.39 is 18.1 Å². The van der Waals surface area contributed by atoms with Gasteiger partial charge in [-0.3, -0.25) is 0 Å². The van der Waals surface area contributed by atoms with Crippen LogP contribution in [0.15, 0.2) is 24.3 Å². The third-order valence-electron chi connectivity index (χ3n) is 2.99. The second-order valence-electron chi connectivity index (χ2n) is 4.62. The maximum Gasteiger partial charge on any atom is 0.332 e. The Labute approximate surface area is 117 Å². The fourth-order valence-corrected chi connectivity index (χ4v) is 1.84. The van der Waals surface area contributed by atoms with Gasteiger partial charge < -0.3 is 20.8 Å². The number of aliphatic hydroxyl groups is 1. The fraction of sp³-hybridized carbons (Fsp3) is 0.429. The Morgan fingerprint density at radius 2 is 1.95 bits per heavy atom. The minimum Gasteiger partial charge on any atom is -0.479 e. The van der Waals surface area contributed by atoms with Gasteiger partial charge in [0, 0.05) is 13.0 Å². The van der Waals surface area contributed by atoms with E-state index in [0.29, 0.717) is 0 Å². The second-order valence-corrected chi connectivity index (χ2v) is 4.62. The summed E-state index contributed by atoms with van der Waals surface area (Å²) < 4.78 is 0. The van der Waals surface area contributed by atoms with Crippen molar-refractivity contribution in [2.75, 3.05) is 6.54 Å². The van der Waals surface area contributed by atoms with Crippen molar-refractivity contribution in [3.8, 4) is 0 Å². The Hall–Kier alpha value is -2.08. The summed E-state index contributed by atoms with van der Waals surface area (Å²) in [7, 11) is 0. The smallest absolute Gasteiger partial charge is 0.332 e. The van der Waals surface area contributed by atoms with Crippen LogP contribution in [-0.2, 0) is 4.79 Å². The molecule has 4 N–H and O–H groups in total. The number of amides is 2. The molecule has 1 aromatic rings. The number of benzene rings is 1. The van der Waals surface area contributed by atoms with Gasteiger partial charge in [0.2, 0.25) is 0 Å². The first-order valence-electron chi connectivity index (χ1n) is 6.42. The zero-order valence-corrected chi connectivity index (χ0v) is 11.6. The largest absolute Gasteiger partial charge is 0.479 e. The van der Waals surface area contributed by atoms with Crippen molar-refractivity contribution >= 4 is 12.0 Å². The van der Waals surface area contributed by atoms with E-state index in [1.165, 1.54) is 0 Å². The van der Waals surface area contributed by atoms with Gasteiger partial charge in [-0.25, -0.2) is 9.59 Å². The molecule has 1 rings (SSSR count). The number of aryl methyl sites for hydroxylation is 1. The van der Waals surface area contributed by atoms with E-state index in [9.17, 15) is 9.59 Å². The summed E-state index contributed by atoms with van der Waals surface area (Å²) in [5.74, 6) is -1.29. The molecule has 0 saturated heterocycles. The molecule has 20 heavy (non-hydrogen) atoms. The molecule has 0 spiro atoms. The Bertz CT molecular complexity index is 476. The van der Waals surface area contributed by atoms with Crippen molar-refractivity contribution < 1.29 is 19.8 Å². The average molecular weight is 280 g/mol. The molecule has 0 heterocycles. The molecular weight excluding hydrogens is 260 g/mol. The van der Waals surface area contributed by atoms with E-state index in [1.807, 2.05) is 38.1 Å². The van der Waals surface area contributed by atoms with Crippen molar-refractivity contribution in [2.24, 2.45) is 0 Å². The number of urea groups is 1. The summed E-state index contributed by atoms with van der Waals surface area (Å²) in [6, 6.07) is 7.20. The number of carboxylic acid groups (broad SMARTS) is 1. The zero-order chi connectivity index (χ0) is 15.1. The molecule has 6 heteroatoms. The summed E-state index contributed by atoms with van der Waals surface area (Å²) in [6.07, 6.45) is -1.48. The van der Waals surface area contributed by atoms with E-state index in [2.05, 4.69) is 10.6 Å². The standard InChI is InChI=1S/C14H20N2O4/c1-9-5-3-4-6-11(9)10(2)16-14(20)15-8-7-12(17)13(18)19/h3-6,10,12,17H,7-8H2,1-2H3,(H,18,19)(H2,15,16,20)/t10?,12-/m0/s1. The predicted molar refractivity (Wildman–Crippen MR) is 74.4 cm³/mol. The maximum absolute atomic E-state index is 11.6. The van der Waals surface area contributed by atoms with Crippen LogP contribution in [0.5, 0.6) is 0 Å². The number of carbonyl (C=O) groups is 2. The lowest BCUT2D eigenvalue weighted by Gasteiger charge is -2.17. The molecule has 2 atom stereocenters. The highest BCUT2D eigenvalue weighted by atomic mass is 16.4. The van der Waals surface area contributed by atoms with Crippen molar-refractivity contribution in [1.82, 2.24) is 10.6 Å². The molecule has 0 aliphatic rings. The molecular formula is C14H20N2O4. The molecule has 0 radical (unpaired) electrons. The van der Waals surface area contributed by atoms with Crippen molar-refractivity contribution in [1.29, 1.82) is 0 Å². The molecule has 2 amide bonds. The van der Waals surface area contributed by atoms with Crippen molar-refractivity contribution in [3.63, 3.8) is 0 Å². The Kier molecular flexibility index (Phi) is 5.99. The predicted octanol–water partition coefficient (Wildman–Crippen LogP) is 1.19. The number of hydrogen-bond donors (Lipinski definition) is 4. The normalized spacial score (nSPS) is 13.3. The Morgan fingerprint density at radius 1 is 1.30 bits per heavy atom. The number of rotatable bonds is 6. The highest BCUT2D eigenvalue weighted by molar-refractivity contribution is 5.75. The van der Waals surface area contributed by atoms with Crippen LogP contribution in [0, 0.1) is 6.92 Å². The number of aliphatic carboxylic acids is 1. The zero-order valence-electron chi connectivity index (χ0n) is 11.6. The summed E-state index contributed by atoms with van der Waals surface area (Å²) in [6.45, 7) is 3.93. The first kappa shape index (κ1) is 16.0. The number of carbonyl (C=O) groups excluding carboxylic acids is 1. The summed E-state index contributed by atoms with van der Waals surface area (Å²) >= 11 is 0. The van der Waals surface area contributed by atoms with Crippen LogP contribution < -0.4 is 10.6 Å². The third kappa shape index (κ3) is 4.89. The van der Waals surface area contributed by atoms with Crippen LogP contribution in [0.2, 0.25) is 0 Å². The first-order chi connectivity index (χ1) is 9.41. The second kappa shape index (κ2) is 7.49. The minimum absolute atomic E-state index is 0.0263. The van der Waals surface area contributed by atoms with Gasteiger partial charge in [-0.15, -0.1) is 0 Å². The van der Waals surface area contributed by atoms with Crippen LogP contribution in [0.1, 0.15) is 30.5 Å². The minimum atomic E-state index is -1.45. The van der Waals surface area contributed by atoms with Gasteiger partial charge in [-0.2, -0.15) is 0 Å². The monoisotopic (exact) mass is 280 g/mol. The van der Waals surface area contributed by atoms with Gasteiger partial charge in [0.25, 0.3) is 0 Å². The van der Waals surface area contributed by atoms with Crippen molar-refractivity contribution in [2.45, 2.75) is 32.4 Å². The molecule has 1 aromatic carbocycles. The van der Waals surface area contributed by atoms with Crippen LogP contribution in [0.4, 0.5) is 4.79 Å². The number of hydrogen-bond acceptors (Lipinski definition) is 3. The molecule has 110 valence electrons. The fourth-order valence-electron chi connectivity index (χ4n) is 1.84. The molecule has 0 fully saturated rings. The number of nitrogens with one attached hydrogen (secondary N) is 2. The molecule has 1 unspecified atom stereocenters. The van der Waals surface area contributed by atoms with E-state index in [0.717, 1.165) is 11.1 Å². The van der Waals surface area contributed by atoms with Gasteiger partial charge >= 0.3 is 12.0 Å². The molecule has 0 aliphatic heterocycles. The summed E-state index contributed by atoms with van der Waals surface area (Å²) in [4.78, 5) is 22.0. The SMILES string of the molecule is Cc1ccccc1C(C)NC(=O)NCC[C@H](O)C(=O)O. The first-order valence-corrected chi connectivity index (χ1v) is 6.42. The Balaban J connectivity index is 2.39. The van der Waals surface area contributed by atoms with Gasteiger partial charge in [0.05, 0.1) is 6.04 Å².